The number of aryl methyl sites for hydroxylation is 1. The lowest BCUT2D eigenvalue weighted by Gasteiger charge is -2.24. The maximum Gasteiger partial charge on any atom is 0.419 e. The third-order valence-corrected chi connectivity index (χ3v) is 5.62. The summed E-state index contributed by atoms with van der Waals surface area (Å²) in [5.41, 5.74) is 0.491. The Morgan fingerprint density at radius 3 is 2.47 bits per heavy atom. The normalized spacial score (nSPS) is 13.8. The van der Waals surface area contributed by atoms with Gasteiger partial charge >= 0.3 is 12.1 Å². The summed E-state index contributed by atoms with van der Waals surface area (Å²) in [6, 6.07) is 9.87. The first-order chi connectivity index (χ1) is 14.4. The van der Waals surface area contributed by atoms with E-state index in [1.54, 1.807) is 12.1 Å². The van der Waals surface area contributed by atoms with E-state index in [1.165, 1.54) is 54.7 Å². The number of methoxy groups -OCH3 is 1. The first kappa shape index (κ1) is 23.8. The quantitative estimate of drug-likeness (QED) is 0.621. The molecule has 0 saturated heterocycles. The highest BCUT2D eigenvalue weighted by molar-refractivity contribution is 7.16. The Kier molecular flexibility index (Phi) is 9.76. The van der Waals surface area contributed by atoms with Crippen LogP contribution in [0, 0.1) is 18.7 Å². The summed E-state index contributed by atoms with van der Waals surface area (Å²) in [6.45, 7) is 2.21. The average Bonchev–Trinajstić information content (AvgIpc) is 3.13. The number of carbonyl (C=O) groups is 2. The third kappa shape index (κ3) is 7.76. The predicted molar refractivity (Wildman–Crippen MR) is 115 cm³/mol. The van der Waals surface area contributed by atoms with Gasteiger partial charge in [-0.15, -0.1) is 11.3 Å². The van der Waals surface area contributed by atoms with Gasteiger partial charge in [-0.3, -0.25) is 0 Å². The van der Waals surface area contributed by atoms with E-state index in [4.69, 9.17) is 9.84 Å². The molecule has 0 spiro atoms. The van der Waals surface area contributed by atoms with Crippen molar-refractivity contribution in [2.45, 2.75) is 39.0 Å². The van der Waals surface area contributed by atoms with E-state index < -0.39 is 12.1 Å². The summed E-state index contributed by atoms with van der Waals surface area (Å²) in [6.07, 6.45) is 5.48. The molecule has 1 aliphatic rings. The van der Waals surface area contributed by atoms with Crippen LogP contribution in [0.2, 0.25) is 0 Å². The van der Waals surface area contributed by atoms with Gasteiger partial charge in [0.2, 0.25) is 0 Å². The molecule has 1 N–H and O–H groups in total. The number of anilines is 2. The molecule has 164 valence electrons. The molecule has 0 bridgehead atoms. The van der Waals surface area contributed by atoms with Crippen LogP contribution in [0.15, 0.2) is 36.4 Å². The van der Waals surface area contributed by atoms with Crippen LogP contribution in [0.25, 0.3) is 0 Å². The molecular weight excluding hydrogens is 409 g/mol. The SMILES string of the molecule is COCC(=O)O.Cc1ccc(N(C(=O)OCC2CCCCC2)c2cccc(F)c2)s1. The zero-order valence-electron chi connectivity index (χ0n) is 17.3. The molecule has 1 amide bonds. The van der Waals surface area contributed by atoms with E-state index in [0.717, 1.165) is 22.7 Å². The lowest BCUT2D eigenvalue weighted by Crippen LogP contribution is -2.28. The van der Waals surface area contributed by atoms with Gasteiger partial charge in [0, 0.05) is 12.0 Å². The number of amides is 1. The average molecular weight is 438 g/mol. The van der Waals surface area contributed by atoms with Crippen molar-refractivity contribution in [3.05, 3.63) is 47.1 Å². The van der Waals surface area contributed by atoms with Crippen LogP contribution >= 0.6 is 11.3 Å². The number of carbonyl (C=O) groups excluding carboxylic acids is 1. The van der Waals surface area contributed by atoms with E-state index in [1.807, 2.05) is 19.1 Å². The maximum absolute atomic E-state index is 13.6. The molecule has 2 aromatic rings. The minimum Gasteiger partial charge on any atom is -0.480 e. The Balaban J connectivity index is 0.000000469. The molecule has 6 nitrogen and oxygen atoms in total. The number of carboxylic acid groups (broad SMARTS) is 1. The molecule has 1 aromatic carbocycles. The fraction of sp³-hybridized carbons (Fsp3) is 0.455. The highest BCUT2D eigenvalue weighted by atomic mass is 32.1. The van der Waals surface area contributed by atoms with Crippen molar-refractivity contribution >= 4 is 34.1 Å². The van der Waals surface area contributed by atoms with E-state index in [0.29, 0.717) is 18.2 Å². The van der Waals surface area contributed by atoms with Gasteiger partial charge in [0.25, 0.3) is 0 Å². The van der Waals surface area contributed by atoms with Crippen molar-refractivity contribution in [2.75, 3.05) is 25.2 Å². The molecule has 30 heavy (non-hydrogen) atoms. The molecule has 8 heteroatoms. The number of carboxylic acids is 1. The Morgan fingerprint density at radius 2 is 1.93 bits per heavy atom. The summed E-state index contributed by atoms with van der Waals surface area (Å²) >= 11 is 1.49. The van der Waals surface area contributed by atoms with Crippen molar-refractivity contribution in [3.8, 4) is 0 Å². The zero-order valence-corrected chi connectivity index (χ0v) is 18.1. The van der Waals surface area contributed by atoms with Gasteiger partial charge in [-0.25, -0.2) is 18.9 Å². The van der Waals surface area contributed by atoms with Crippen LogP contribution in [-0.2, 0) is 14.3 Å². The molecular formula is C22H28FNO5S. The number of benzene rings is 1. The van der Waals surface area contributed by atoms with Crippen molar-refractivity contribution in [3.63, 3.8) is 0 Å². The first-order valence-electron chi connectivity index (χ1n) is 9.90. The van der Waals surface area contributed by atoms with E-state index in [-0.39, 0.29) is 12.4 Å². The molecule has 1 aliphatic carbocycles. The standard InChI is InChI=1S/C19H22FNO2S.C3H6O3/c1-14-10-11-18(24-14)21(17-9-5-8-16(20)12-17)19(22)23-13-15-6-3-2-4-7-15;1-6-2-3(4)5/h5,8-12,15H,2-4,6-7,13H2,1H3;2H2,1H3,(H,4,5). The molecule has 1 aromatic heterocycles. The molecule has 0 atom stereocenters. The summed E-state index contributed by atoms with van der Waals surface area (Å²) in [4.78, 5) is 24.7. The number of rotatable bonds is 6. The van der Waals surface area contributed by atoms with Crippen LogP contribution in [0.3, 0.4) is 0 Å². The first-order valence-corrected chi connectivity index (χ1v) is 10.7. The number of nitrogens with zero attached hydrogens (tertiary/aromatic N) is 1. The molecule has 1 heterocycles. The number of thiophene rings is 1. The molecule has 0 aliphatic heterocycles. The van der Waals surface area contributed by atoms with Crippen LogP contribution in [0.4, 0.5) is 19.9 Å². The predicted octanol–water partition coefficient (Wildman–Crippen LogP) is 5.77. The summed E-state index contributed by atoms with van der Waals surface area (Å²) in [7, 11) is 1.34. The largest absolute Gasteiger partial charge is 0.480 e. The molecule has 3 rings (SSSR count). The summed E-state index contributed by atoms with van der Waals surface area (Å²) in [5, 5.41) is 8.53. The summed E-state index contributed by atoms with van der Waals surface area (Å²) < 4.78 is 23.4. The maximum atomic E-state index is 13.6. The lowest BCUT2D eigenvalue weighted by atomic mass is 9.90. The Hall–Kier alpha value is -2.45. The molecule has 1 fully saturated rings. The second kappa shape index (κ2) is 12.3. The number of aliphatic carboxylic acids is 1. The van der Waals surface area contributed by atoms with Crippen molar-refractivity contribution in [2.24, 2.45) is 5.92 Å². The highest BCUT2D eigenvalue weighted by Crippen LogP contribution is 2.33. The van der Waals surface area contributed by atoms with Gasteiger partial charge in [-0.05, 0) is 56.0 Å². The van der Waals surface area contributed by atoms with Crippen LogP contribution in [-0.4, -0.2) is 37.5 Å². The van der Waals surface area contributed by atoms with Crippen molar-refractivity contribution in [1.29, 1.82) is 0 Å². The van der Waals surface area contributed by atoms with Crippen LogP contribution in [0.1, 0.15) is 37.0 Å². The second-order valence-electron chi connectivity index (χ2n) is 7.11. The number of ether oxygens (including phenoxy) is 2. The molecule has 0 unspecified atom stereocenters. The minimum absolute atomic E-state index is 0.208. The topological polar surface area (TPSA) is 76.1 Å². The van der Waals surface area contributed by atoms with Crippen molar-refractivity contribution < 1.29 is 28.6 Å². The summed E-state index contributed by atoms with van der Waals surface area (Å²) in [5.74, 6) is -0.856. The third-order valence-electron chi connectivity index (χ3n) is 4.63. The smallest absolute Gasteiger partial charge is 0.419 e. The van der Waals surface area contributed by atoms with E-state index in [2.05, 4.69) is 4.74 Å². The molecule has 0 radical (unpaired) electrons. The molecule has 1 saturated carbocycles. The Labute approximate surface area is 180 Å². The van der Waals surface area contributed by atoms with E-state index >= 15 is 0 Å². The minimum atomic E-state index is -0.933. The van der Waals surface area contributed by atoms with Gasteiger partial charge in [0.05, 0.1) is 12.3 Å². The van der Waals surface area contributed by atoms with Crippen LogP contribution < -0.4 is 4.90 Å². The number of halogens is 1. The fourth-order valence-electron chi connectivity index (χ4n) is 3.21. The van der Waals surface area contributed by atoms with Gasteiger partial charge in [-0.1, -0.05) is 25.3 Å². The second-order valence-corrected chi connectivity index (χ2v) is 8.37. The Morgan fingerprint density at radius 1 is 1.20 bits per heavy atom. The highest BCUT2D eigenvalue weighted by Gasteiger charge is 2.23. The van der Waals surface area contributed by atoms with E-state index in [9.17, 15) is 14.0 Å². The zero-order chi connectivity index (χ0) is 21.9. The number of hydrogen-bond donors (Lipinski definition) is 1. The van der Waals surface area contributed by atoms with Crippen LogP contribution in [0.5, 0.6) is 0 Å². The van der Waals surface area contributed by atoms with Crippen molar-refractivity contribution in [1.82, 2.24) is 0 Å². The van der Waals surface area contributed by atoms with Gasteiger partial charge in [0.1, 0.15) is 17.4 Å². The van der Waals surface area contributed by atoms with Gasteiger partial charge in [0.15, 0.2) is 0 Å². The monoisotopic (exact) mass is 437 g/mol. The lowest BCUT2D eigenvalue weighted by molar-refractivity contribution is -0.141. The fourth-order valence-corrected chi connectivity index (χ4v) is 4.08. The Bertz CT molecular complexity index is 819. The number of hydrogen-bond acceptors (Lipinski definition) is 5. The van der Waals surface area contributed by atoms with Gasteiger partial charge in [-0.2, -0.15) is 0 Å². The van der Waals surface area contributed by atoms with Gasteiger partial charge < -0.3 is 14.6 Å².